The van der Waals surface area contributed by atoms with E-state index in [1.54, 1.807) is 78.9 Å². The Morgan fingerprint density at radius 2 is 1.34 bits per heavy atom. The molecule has 0 bridgehead atoms. The summed E-state index contributed by atoms with van der Waals surface area (Å²) in [7, 11) is 0. The number of nitrogens with one attached hydrogen (secondary N) is 2. The van der Waals surface area contributed by atoms with Crippen molar-refractivity contribution in [3.05, 3.63) is 120 Å². The molecule has 0 saturated carbocycles. The van der Waals surface area contributed by atoms with Gasteiger partial charge in [-0.05, 0) is 42.0 Å². The van der Waals surface area contributed by atoms with Gasteiger partial charge >= 0.3 is 0 Å². The van der Waals surface area contributed by atoms with Gasteiger partial charge in [-0.25, -0.2) is 17.6 Å². The lowest BCUT2D eigenvalue weighted by atomic mass is 10.1. The molecular weight excluding hydrogens is 520 g/mol. The maximum absolute atomic E-state index is 14.1. The van der Waals surface area contributed by atoms with Crippen LogP contribution in [0.4, 0.5) is 28.9 Å². The van der Waals surface area contributed by atoms with Crippen LogP contribution in [0, 0.1) is 23.3 Å². The number of hydrogen-bond acceptors (Lipinski definition) is 4. The van der Waals surface area contributed by atoms with Gasteiger partial charge in [-0.3, -0.25) is 9.59 Å². The number of carbonyl (C=O) groups is 2. The molecule has 0 aliphatic heterocycles. The van der Waals surface area contributed by atoms with Gasteiger partial charge in [0.1, 0.15) is 16.7 Å². The van der Waals surface area contributed by atoms with Gasteiger partial charge in [0.05, 0.1) is 0 Å². The van der Waals surface area contributed by atoms with E-state index in [0.717, 1.165) is 11.8 Å². The standard InChI is InChI=1S/C28H20F4N2O3S/c29-21-15-22(30)25(32)26(24(21)31)34-28(36)27(17-7-3-1-4-8-17)38-20-13-11-18(12-14-20)33-23(35)16-37-19-9-5-2-6-10-19/h1-15,27H,16H2,(H,33,35)(H,34,36). The zero-order chi connectivity index (χ0) is 27.1. The molecule has 0 saturated heterocycles. The van der Waals surface area contributed by atoms with Gasteiger partial charge in [0.2, 0.25) is 5.91 Å². The molecule has 0 spiro atoms. The molecule has 5 nitrogen and oxygen atoms in total. The quantitative estimate of drug-likeness (QED) is 0.140. The number of amides is 2. The van der Waals surface area contributed by atoms with E-state index in [0.29, 0.717) is 21.9 Å². The fourth-order valence-electron chi connectivity index (χ4n) is 3.39. The third-order valence-electron chi connectivity index (χ3n) is 5.21. The van der Waals surface area contributed by atoms with E-state index in [1.807, 2.05) is 11.4 Å². The lowest BCUT2D eigenvalue weighted by molar-refractivity contribution is -0.118. The van der Waals surface area contributed by atoms with E-state index >= 15 is 0 Å². The van der Waals surface area contributed by atoms with Gasteiger partial charge < -0.3 is 15.4 Å². The molecule has 4 aromatic rings. The highest BCUT2D eigenvalue weighted by atomic mass is 32.2. The van der Waals surface area contributed by atoms with E-state index in [1.165, 1.54) is 0 Å². The van der Waals surface area contributed by atoms with Crippen LogP contribution in [-0.2, 0) is 9.59 Å². The van der Waals surface area contributed by atoms with Crippen molar-refractivity contribution < 1.29 is 31.9 Å². The molecule has 0 aliphatic carbocycles. The predicted octanol–water partition coefficient (Wildman–Crippen LogP) is 6.73. The second-order valence-corrected chi connectivity index (χ2v) is 9.09. The average Bonchev–Trinajstić information content (AvgIpc) is 2.93. The molecule has 0 fully saturated rings. The molecule has 10 heteroatoms. The lowest BCUT2D eigenvalue weighted by Crippen LogP contribution is -2.21. The number of thioether (sulfide) groups is 1. The summed E-state index contributed by atoms with van der Waals surface area (Å²) >= 11 is 1.04. The van der Waals surface area contributed by atoms with Gasteiger partial charge in [-0.15, -0.1) is 11.8 Å². The number of anilines is 2. The number of hydrogen-bond donors (Lipinski definition) is 2. The summed E-state index contributed by atoms with van der Waals surface area (Å²) in [5, 5.41) is 3.65. The first-order chi connectivity index (χ1) is 18.3. The van der Waals surface area contributed by atoms with E-state index in [4.69, 9.17) is 4.74 Å². The molecule has 2 N–H and O–H groups in total. The largest absolute Gasteiger partial charge is 0.484 e. The third kappa shape index (κ3) is 6.71. The van der Waals surface area contributed by atoms with E-state index in [2.05, 4.69) is 5.32 Å². The van der Waals surface area contributed by atoms with Crippen LogP contribution in [0.2, 0.25) is 0 Å². The highest BCUT2D eigenvalue weighted by molar-refractivity contribution is 8.00. The number of carbonyl (C=O) groups excluding carboxylic acids is 2. The zero-order valence-corrected chi connectivity index (χ0v) is 20.4. The van der Waals surface area contributed by atoms with Crippen LogP contribution >= 0.6 is 11.8 Å². The first-order valence-corrected chi connectivity index (χ1v) is 12.1. The molecule has 38 heavy (non-hydrogen) atoms. The van der Waals surface area contributed by atoms with Crippen molar-refractivity contribution >= 4 is 35.0 Å². The molecule has 4 aromatic carbocycles. The predicted molar refractivity (Wildman–Crippen MR) is 137 cm³/mol. The first kappa shape index (κ1) is 26.7. The lowest BCUT2D eigenvalue weighted by Gasteiger charge is -2.18. The Labute approximate surface area is 219 Å². The van der Waals surface area contributed by atoms with Crippen molar-refractivity contribution in [1.29, 1.82) is 0 Å². The number of rotatable bonds is 9. The van der Waals surface area contributed by atoms with Gasteiger partial charge in [0.15, 0.2) is 29.9 Å². The van der Waals surface area contributed by atoms with Gasteiger partial charge in [-0.2, -0.15) is 0 Å². The smallest absolute Gasteiger partial charge is 0.262 e. The van der Waals surface area contributed by atoms with Gasteiger partial charge in [0.25, 0.3) is 5.91 Å². The van der Waals surface area contributed by atoms with Crippen LogP contribution in [0.15, 0.2) is 95.9 Å². The Bertz CT molecular complexity index is 1400. The van der Waals surface area contributed by atoms with Crippen LogP contribution in [0.1, 0.15) is 10.8 Å². The summed E-state index contributed by atoms with van der Waals surface area (Å²) in [6, 6.07) is 23.8. The van der Waals surface area contributed by atoms with E-state index in [-0.39, 0.29) is 18.6 Å². The summed E-state index contributed by atoms with van der Waals surface area (Å²) < 4.78 is 61.0. The molecule has 194 valence electrons. The summed E-state index contributed by atoms with van der Waals surface area (Å²) in [6.45, 7) is -0.190. The van der Waals surface area contributed by atoms with Crippen molar-refractivity contribution in [3.63, 3.8) is 0 Å². The average molecular weight is 541 g/mol. The molecule has 0 heterocycles. The number of benzene rings is 4. The monoisotopic (exact) mass is 540 g/mol. The number of halogens is 4. The molecule has 0 radical (unpaired) electrons. The maximum Gasteiger partial charge on any atom is 0.262 e. The summed E-state index contributed by atoms with van der Waals surface area (Å²) in [6.07, 6.45) is 0. The third-order valence-corrected chi connectivity index (χ3v) is 6.47. The maximum atomic E-state index is 14.1. The van der Waals surface area contributed by atoms with Crippen molar-refractivity contribution in [2.75, 3.05) is 17.2 Å². The summed E-state index contributed by atoms with van der Waals surface area (Å²) in [5.41, 5.74) is -0.232. The van der Waals surface area contributed by atoms with Crippen LogP contribution in [0.5, 0.6) is 5.75 Å². The molecule has 2 amide bonds. The highest BCUT2D eigenvalue weighted by Gasteiger charge is 2.27. The molecule has 4 rings (SSSR count). The SMILES string of the molecule is O=C(COc1ccccc1)Nc1ccc(SC(C(=O)Nc2c(F)c(F)cc(F)c2F)c2ccccc2)cc1. The van der Waals surface area contributed by atoms with Crippen LogP contribution in [0.3, 0.4) is 0 Å². The fourth-order valence-corrected chi connectivity index (χ4v) is 4.41. The minimum atomic E-state index is -1.70. The molecule has 0 aromatic heterocycles. The van der Waals surface area contributed by atoms with E-state index in [9.17, 15) is 27.2 Å². The molecule has 1 atom stereocenters. The Hall–Kier alpha value is -4.31. The second kappa shape index (κ2) is 12.3. The first-order valence-electron chi connectivity index (χ1n) is 11.2. The molecule has 1 unspecified atom stereocenters. The number of ether oxygens (including phenoxy) is 1. The molecular formula is C28H20F4N2O3S. The Kier molecular flexibility index (Phi) is 8.65. The summed E-state index contributed by atoms with van der Waals surface area (Å²) in [5.74, 6) is -7.37. The summed E-state index contributed by atoms with van der Waals surface area (Å²) in [4.78, 5) is 25.8. The van der Waals surface area contributed by atoms with Crippen molar-refractivity contribution in [2.24, 2.45) is 0 Å². The fraction of sp³-hybridized carbons (Fsp3) is 0.0714. The minimum Gasteiger partial charge on any atom is -0.484 e. The van der Waals surface area contributed by atoms with Gasteiger partial charge in [0, 0.05) is 16.6 Å². The van der Waals surface area contributed by atoms with Crippen molar-refractivity contribution in [2.45, 2.75) is 10.1 Å². The van der Waals surface area contributed by atoms with E-state index < -0.39 is 40.1 Å². The van der Waals surface area contributed by atoms with Crippen LogP contribution in [-0.4, -0.2) is 18.4 Å². The zero-order valence-electron chi connectivity index (χ0n) is 19.6. The highest BCUT2D eigenvalue weighted by Crippen LogP contribution is 2.37. The Morgan fingerprint density at radius 1 is 0.763 bits per heavy atom. The Morgan fingerprint density at radius 3 is 1.95 bits per heavy atom. The minimum absolute atomic E-state index is 0.0673. The second-order valence-electron chi connectivity index (χ2n) is 7.92. The van der Waals surface area contributed by atoms with Crippen LogP contribution < -0.4 is 15.4 Å². The Balaban J connectivity index is 1.46. The van der Waals surface area contributed by atoms with Crippen molar-refractivity contribution in [1.82, 2.24) is 0 Å². The topological polar surface area (TPSA) is 67.4 Å². The number of para-hydroxylation sites is 1. The molecule has 0 aliphatic rings. The van der Waals surface area contributed by atoms with Crippen LogP contribution in [0.25, 0.3) is 0 Å². The normalized spacial score (nSPS) is 11.5. The van der Waals surface area contributed by atoms with Gasteiger partial charge in [-0.1, -0.05) is 48.5 Å². The van der Waals surface area contributed by atoms with Crippen molar-refractivity contribution in [3.8, 4) is 5.75 Å².